The van der Waals surface area contributed by atoms with Crippen LogP contribution in [0.5, 0.6) is 0 Å². The summed E-state index contributed by atoms with van der Waals surface area (Å²) in [6, 6.07) is 30.0. The lowest BCUT2D eigenvalue weighted by Gasteiger charge is -2.05. The molecule has 5 nitrogen and oxygen atoms in total. The van der Waals surface area contributed by atoms with E-state index in [1.54, 1.807) is 0 Å². The molecule has 8 rings (SSSR count). The van der Waals surface area contributed by atoms with Crippen molar-refractivity contribution in [2.75, 3.05) is 0 Å². The van der Waals surface area contributed by atoms with Gasteiger partial charge in [0.15, 0.2) is 0 Å². The summed E-state index contributed by atoms with van der Waals surface area (Å²) >= 11 is 0. The lowest BCUT2D eigenvalue weighted by atomic mass is 10.0. The molecule has 5 heteroatoms. The second-order valence-electron chi connectivity index (χ2n) is 8.54. The highest BCUT2D eigenvalue weighted by Crippen LogP contribution is 2.37. The Bertz CT molecular complexity index is 1860. The van der Waals surface area contributed by atoms with Gasteiger partial charge in [-0.25, -0.2) is 14.4 Å². The van der Waals surface area contributed by atoms with Crippen LogP contribution >= 0.6 is 0 Å². The Balaban J connectivity index is 1.67. The molecule has 0 unspecified atom stereocenters. The second kappa shape index (κ2) is 5.45. The molecule has 0 spiro atoms. The molecular formula is C27H17N5. The van der Waals surface area contributed by atoms with Gasteiger partial charge in [0.1, 0.15) is 5.52 Å². The Labute approximate surface area is 182 Å². The zero-order chi connectivity index (χ0) is 21.0. The van der Waals surface area contributed by atoms with Gasteiger partial charge in [0.05, 0.1) is 33.1 Å². The van der Waals surface area contributed by atoms with Crippen molar-refractivity contribution in [3.63, 3.8) is 0 Å². The maximum atomic E-state index is 5.01. The van der Waals surface area contributed by atoms with E-state index in [9.17, 15) is 0 Å². The minimum absolute atomic E-state index is 0.901. The molecule has 8 aromatic rings. The lowest BCUT2D eigenvalue weighted by molar-refractivity contribution is 1.15. The number of aryl methyl sites for hydroxylation is 1. The zero-order valence-electron chi connectivity index (χ0n) is 17.3. The van der Waals surface area contributed by atoms with Gasteiger partial charge in [-0.1, -0.05) is 54.1 Å². The minimum atomic E-state index is 0.901. The molecule has 0 fully saturated rings. The number of hydrogen-bond donors (Lipinski definition) is 0. The first-order chi connectivity index (χ1) is 15.8. The van der Waals surface area contributed by atoms with Crippen molar-refractivity contribution in [1.82, 2.24) is 23.2 Å². The van der Waals surface area contributed by atoms with Crippen molar-refractivity contribution in [2.24, 2.45) is 0 Å². The molecule has 150 valence electrons. The summed E-state index contributed by atoms with van der Waals surface area (Å²) in [4.78, 5) is 10.0. The first kappa shape index (κ1) is 16.3. The SMILES string of the molecule is Cc1ccc(-c2cc3c4c(c2)n2c5ccccc5nc2n4c2nc4ccccc4n32)cc1. The number of para-hydroxylation sites is 4. The normalized spacial score (nSPS) is 12.5. The average Bonchev–Trinajstić information content (AvgIpc) is 3.53. The smallest absolute Gasteiger partial charge is 0.223 e. The van der Waals surface area contributed by atoms with Crippen LogP contribution in [-0.2, 0) is 0 Å². The fourth-order valence-corrected chi connectivity index (χ4v) is 5.18. The highest BCUT2D eigenvalue weighted by Gasteiger charge is 2.24. The Morgan fingerprint density at radius 1 is 0.531 bits per heavy atom. The number of rotatable bonds is 1. The summed E-state index contributed by atoms with van der Waals surface area (Å²) in [7, 11) is 0. The minimum Gasteiger partial charge on any atom is -0.276 e. The maximum absolute atomic E-state index is 5.01. The summed E-state index contributed by atoms with van der Waals surface area (Å²) in [6.07, 6.45) is 0. The van der Waals surface area contributed by atoms with Crippen LogP contribution in [0.3, 0.4) is 0 Å². The van der Waals surface area contributed by atoms with E-state index in [2.05, 4.69) is 92.9 Å². The molecule has 0 amide bonds. The van der Waals surface area contributed by atoms with Gasteiger partial charge in [-0.15, -0.1) is 0 Å². The topological polar surface area (TPSA) is 39.0 Å². The predicted molar refractivity (Wildman–Crippen MR) is 129 cm³/mol. The van der Waals surface area contributed by atoms with Gasteiger partial charge in [0.25, 0.3) is 0 Å². The van der Waals surface area contributed by atoms with Crippen LogP contribution in [0.25, 0.3) is 61.3 Å². The summed E-state index contributed by atoms with van der Waals surface area (Å²) < 4.78 is 6.76. The number of fused-ring (bicyclic) bond motifs is 10. The third kappa shape index (κ3) is 1.85. The molecule has 0 saturated heterocycles. The van der Waals surface area contributed by atoms with E-state index in [0.717, 1.165) is 50.2 Å². The molecule has 0 saturated carbocycles. The lowest BCUT2D eigenvalue weighted by Crippen LogP contribution is -1.88. The van der Waals surface area contributed by atoms with Crippen molar-refractivity contribution in [3.8, 4) is 11.1 Å². The van der Waals surface area contributed by atoms with E-state index < -0.39 is 0 Å². The van der Waals surface area contributed by atoms with Crippen LogP contribution in [0.4, 0.5) is 0 Å². The monoisotopic (exact) mass is 411 g/mol. The summed E-state index contributed by atoms with van der Waals surface area (Å²) in [5.74, 6) is 1.80. The van der Waals surface area contributed by atoms with Gasteiger partial charge in [-0.2, -0.15) is 0 Å². The molecular weight excluding hydrogens is 394 g/mol. The van der Waals surface area contributed by atoms with E-state index in [0.29, 0.717) is 0 Å². The molecule has 0 aliphatic heterocycles. The Morgan fingerprint density at radius 3 is 1.62 bits per heavy atom. The average molecular weight is 411 g/mol. The van der Waals surface area contributed by atoms with E-state index in [1.165, 1.54) is 16.7 Å². The number of aromatic nitrogens is 5. The quantitative estimate of drug-likeness (QED) is 0.327. The molecule has 32 heavy (non-hydrogen) atoms. The largest absolute Gasteiger partial charge is 0.276 e. The number of imidazole rings is 4. The second-order valence-corrected chi connectivity index (χ2v) is 8.54. The Morgan fingerprint density at radius 2 is 1.06 bits per heavy atom. The standard InChI is InChI=1S/C27H17N5/c1-16-10-12-17(13-11-16)18-14-23-25-24(15-18)31-22-9-5-3-7-20(22)29-27(31)32(25)26-28-19-6-2-4-8-21(19)30(23)26/h2-15H,1H3. The maximum Gasteiger partial charge on any atom is 0.223 e. The van der Waals surface area contributed by atoms with Crippen molar-refractivity contribution in [2.45, 2.75) is 6.92 Å². The van der Waals surface area contributed by atoms with Gasteiger partial charge in [-0.3, -0.25) is 8.80 Å². The number of nitrogens with zero attached hydrogens (tertiary/aromatic N) is 5. The van der Waals surface area contributed by atoms with Crippen molar-refractivity contribution >= 4 is 50.2 Å². The first-order valence-electron chi connectivity index (χ1n) is 10.8. The van der Waals surface area contributed by atoms with E-state index in [4.69, 9.17) is 9.97 Å². The molecule has 4 aromatic heterocycles. The van der Waals surface area contributed by atoms with Crippen molar-refractivity contribution in [3.05, 3.63) is 90.5 Å². The molecule has 0 atom stereocenters. The molecule has 4 aromatic carbocycles. The van der Waals surface area contributed by atoms with Crippen LogP contribution in [-0.4, -0.2) is 23.2 Å². The summed E-state index contributed by atoms with van der Waals surface area (Å²) in [6.45, 7) is 2.12. The van der Waals surface area contributed by atoms with Crippen LogP contribution < -0.4 is 0 Å². The molecule has 0 aliphatic carbocycles. The van der Waals surface area contributed by atoms with Crippen molar-refractivity contribution < 1.29 is 0 Å². The summed E-state index contributed by atoms with van der Waals surface area (Å²) in [5.41, 5.74) is 11.3. The Hall–Kier alpha value is -4.38. The van der Waals surface area contributed by atoms with Crippen LogP contribution in [0.15, 0.2) is 84.9 Å². The highest BCUT2D eigenvalue weighted by molar-refractivity contribution is 6.05. The number of benzene rings is 4. The van der Waals surface area contributed by atoms with Gasteiger partial charge < -0.3 is 0 Å². The molecule has 0 aliphatic rings. The Kier molecular flexibility index (Phi) is 2.78. The highest BCUT2D eigenvalue weighted by atomic mass is 15.3. The van der Waals surface area contributed by atoms with Crippen LogP contribution in [0.2, 0.25) is 0 Å². The zero-order valence-corrected chi connectivity index (χ0v) is 17.3. The molecule has 0 bridgehead atoms. The van der Waals surface area contributed by atoms with Crippen LogP contribution in [0, 0.1) is 6.92 Å². The van der Waals surface area contributed by atoms with Gasteiger partial charge in [0, 0.05) is 0 Å². The van der Waals surface area contributed by atoms with Gasteiger partial charge in [0.2, 0.25) is 11.6 Å². The van der Waals surface area contributed by atoms with Crippen molar-refractivity contribution in [1.29, 1.82) is 0 Å². The fraction of sp³-hybridized carbons (Fsp3) is 0.0370. The van der Waals surface area contributed by atoms with Gasteiger partial charge >= 0.3 is 0 Å². The third-order valence-corrected chi connectivity index (χ3v) is 6.65. The van der Waals surface area contributed by atoms with E-state index >= 15 is 0 Å². The molecule has 0 N–H and O–H groups in total. The van der Waals surface area contributed by atoms with Gasteiger partial charge in [-0.05, 0) is 54.4 Å². The third-order valence-electron chi connectivity index (χ3n) is 6.65. The predicted octanol–water partition coefficient (Wildman–Crippen LogP) is 6.11. The fourth-order valence-electron chi connectivity index (χ4n) is 5.18. The van der Waals surface area contributed by atoms with E-state index in [-0.39, 0.29) is 0 Å². The molecule has 4 heterocycles. The van der Waals surface area contributed by atoms with E-state index in [1.807, 2.05) is 12.1 Å². The molecule has 0 radical (unpaired) electrons. The summed E-state index contributed by atoms with van der Waals surface area (Å²) in [5, 5.41) is 0. The first-order valence-corrected chi connectivity index (χ1v) is 10.8. The van der Waals surface area contributed by atoms with Crippen LogP contribution in [0.1, 0.15) is 5.56 Å². The number of hydrogen-bond acceptors (Lipinski definition) is 2.